The van der Waals surface area contributed by atoms with E-state index in [1.165, 1.54) is 0 Å². The van der Waals surface area contributed by atoms with Crippen LogP contribution in [-0.4, -0.2) is 44.4 Å². The highest BCUT2D eigenvalue weighted by atomic mass is 16.1. The van der Waals surface area contributed by atoms with Gasteiger partial charge in [-0.1, -0.05) is 27.2 Å². The number of ketones is 1. The first-order valence-corrected chi connectivity index (χ1v) is 10.0. The highest BCUT2D eigenvalue weighted by Crippen LogP contribution is 2.13. The number of hydrogen-bond acceptors (Lipinski definition) is 4. The van der Waals surface area contributed by atoms with Crippen molar-refractivity contribution in [1.82, 2.24) is 16.0 Å². The average molecular weight is 356 g/mol. The molecule has 0 heterocycles. The molecule has 0 radical (unpaired) electrons. The van der Waals surface area contributed by atoms with E-state index < -0.39 is 0 Å². The third-order valence-corrected chi connectivity index (χ3v) is 4.83. The molecule has 0 bridgehead atoms. The van der Waals surface area contributed by atoms with Crippen LogP contribution in [0.25, 0.3) is 0 Å². The van der Waals surface area contributed by atoms with Crippen molar-refractivity contribution in [1.29, 1.82) is 0 Å². The molecular formula is C20H41N3O2. The van der Waals surface area contributed by atoms with E-state index in [0.717, 1.165) is 45.3 Å². The van der Waals surface area contributed by atoms with Crippen LogP contribution in [0.2, 0.25) is 0 Å². The van der Waals surface area contributed by atoms with Gasteiger partial charge in [0.25, 0.3) is 0 Å². The lowest BCUT2D eigenvalue weighted by molar-refractivity contribution is -0.122. The van der Waals surface area contributed by atoms with Gasteiger partial charge in [0.05, 0.1) is 0 Å². The number of Topliss-reactive ketones (excluding diaryl/α,β-unsaturated/α-hetero) is 1. The van der Waals surface area contributed by atoms with E-state index in [1.54, 1.807) is 0 Å². The summed E-state index contributed by atoms with van der Waals surface area (Å²) in [5.41, 5.74) is 0. The van der Waals surface area contributed by atoms with Crippen LogP contribution in [0.3, 0.4) is 0 Å². The van der Waals surface area contributed by atoms with Gasteiger partial charge in [-0.25, -0.2) is 0 Å². The van der Waals surface area contributed by atoms with Gasteiger partial charge in [0.2, 0.25) is 5.91 Å². The molecule has 0 saturated heterocycles. The molecule has 148 valence electrons. The molecule has 2 atom stereocenters. The van der Waals surface area contributed by atoms with Crippen molar-refractivity contribution in [2.75, 3.05) is 26.7 Å². The van der Waals surface area contributed by atoms with Crippen molar-refractivity contribution < 1.29 is 9.59 Å². The third kappa shape index (κ3) is 15.1. The van der Waals surface area contributed by atoms with E-state index in [0.29, 0.717) is 36.9 Å². The quantitative estimate of drug-likeness (QED) is 0.372. The van der Waals surface area contributed by atoms with E-state index in [9.17, 15) is 9.59 Å². The van der Waals surface area contributed by atoms with Crippen LogP contribution in [0.15, 0.2) is 0 Å². The first kappa shape index (κ1) is 24.1. The molecule has 0 saturated carbocycles. The molecule has 0 aliphatic heterocycles. The maximum atomic E-state index is 11.8. The Kier molecular flexibility index (Phi) is 14.7. The minimum atomic E-state index is 0.177. The van der Waals surface area contributed by atoms with Crippen molar-refractivity contribution >= 4 is 11.7 Å². The first-order chi connectivity index (χ1) is 11.9. The lowest BCUT2D eigenvalue weighted by Crippen LogP contribution is -2.27. The first-order valence-electron chi connectivity index (χ1n) is 10.0. The van der Waals surface area contributed by atoms with E-state index in [4.69, 9.17) is 0 Å². The molecule has 0 aliphatic carbocycles. The summed E-state index contributed by atoms with van der Waals surface area (Å²) in [7, 11) is 1.89. The number of unbranched alkanes of at least 4 members (excludes halogenated alkanes) is 2. The summed E-state index contributed by atoms with van der Waals surface area (Å²) < 4.78 is 0. The zero-order chi connectivity index (χ0) is 19.1. The predicted octanol–water partition coefficient (Wildman–Crippen LogP) is 2.89. The number of amides is 1. The molecule has 0 rings (SSSR count). The Morgan fingerprint density at radius 1 is 0.840 bits per heavy atom. The standard InChI is InChI=1S/C20H41N3O2/c1-16(2)17(3)14-20(25)23-13-8-6-7-11-22-12-9-10-19(24)15-18(4)21-5/h16-18,21-22H,6-15H2,1-5H3,(H,23,25). The molecule has 5 heteroatoms. The monoisotopic (exact) mass is 355 g/mol. The maximum absolute atomic E-state index is 11.8. The second-order valence-corrected chi connectivity index (χ2v) is 7.62. The van der Waals surface area contributed by atoms with Crippen molar-refractivity contribution in [3.8, 4) is 0 Å². The zero-order valence-corrected chi connectivity index (χ0v) is 17.1. The zero-order valence-electron chi connectivity index (χ0n) is 17.1. The second kappa shape index (κ2) is 15.3. The summed E-state index contributed by atoms with van der Waals surface area (Å²) in [6.07, 6.45) is 6.10. The van der Waals surface area contributed by atoms with Crippen LogP contribution in [0.5, 0.6) is 0 Å². The van der Waals surface area contributed by atoms with Gasteiger partial charge in [-0.2, -0.15) is 0 Å². The van der Waals surface area contributed by atoms with E-state index >= 15 is 0 Å². The summed E-state index contributed by atoms with van der Waals surface area (Å²) in [4.78, 5) is 23.4. The molecule has 5 nitrogen and oxygen atoms in total. The molecule has 0 aromatic rings. The van der Waals surface area contributed by atoms with Crippen LogP contribution in [0.4, 0.5) is 0 Å². The fourth-order valence-electron chi connectivity index (χ4n) is 2.46. The lowest BCUT2D eigenvalue weighted by Gasteiger charge is -2.14. The Balaban J connectivity index is 3.37. The topological polar surface area (TPSA) is 70.2 Å². The van der Waals surface area contributed by atoms with E-state index in [2.05, 4.69) is 36.7 Å². The normalized spacial score (nSPS) is 13.7. The summed E-state index contributed by atoms with van der Waals surface area (Å²) in [5.74, 6) is 1.51. The summed E-state index contributed by atoms with van der Waals surface area (Å²) in [6, 6.07) is 0.273. The number of hydrogen-bond donors (Lipinski definition) is 3. The Morgan fingerprint density at radius 2 is 1.48 bits per heavy atom. The van der Waals surface area contributed by atoms with Gasteiger partial charge in [0.15, 0.2) is 0 Å². The number of rotatable bonds is 16. The molecule has 1 amide bonds. The molecule has 3 N–H and O–H groups in total. The Morgan fingerprint density at radius 3 is 2.12 bits per heavy atom. The fraction of sp³-hybridized carbons (Fsp3) is 0.900. The molecule has 0 aliphatic rings. The summed E-state index contributed by atoms with van der Waals surface area (Å²) in [5, 5.41) is 9.49. The molecule has 25 heavy (non-hydrogen) atoms. The highest BCUT2D eigenvalue weighted by Gasteiger charge is 2.11. The molecule has 0 fully saturated rings. The van der Waals surface area contributed by atoms with Gasteiger partial charge in [0.1, 0.15) is 5.78 Å². The highest BCUT2D eigenvalue weighted by molar-refractivity contribution is 5.78. The Hall–Kier alpha value is -0.940. The molecule has 0 aromatic heterocycles. The van der Waals surface area contributed by atoms with E-state index in [-0.39, 0.29) is 11.9 Å². The largest absolute Gasteiger partial charge is 0.356 e. The minimum Gasteiger partial charge on any atom is -0.356 e. The molecule has 2 unspecified atom stereocenters. The minimum absolute atomic E-state index is 0.177. The maximum Gasteiger partial charge on any atom is 0.220 e. The second-order valence-electron chi connectivity index (χ2n) is 7.62. The molecular weight excluding hydrogens is 314 g/mol. The van der Waals surface area contributed by atoms with Crippen molar-refractivity contribution in [3.05, 3.63) is 0 Å². The number of carbonyl (C=O) groups is 2. The van der Waals surface area contributed by atoms with Crippen LogP contribution in [0, 0.1) is 11.8 Å². The van der Waals surface area contributed by atoms with Gasteiger partial charge in [-0.15, -0.1) is 0 Å². The number of nitrogens with one attached hydrogen (secondary N) is 3. The van der Waals surface area contributed by atoms with Gasteiger partial charge in [-0.05, 0) is 58.2 Å². The van der Waals surface area contributed by atoms with E-state index in [1.807, 2.05) is 14.0 Å². The van der Waals surface area contributed by atoms with Gasteiger partial charge < -0.3 is 16.0 Å². The predicted molar refractivity (Wildman–Crippen MR) is 106 cm³/mol. The Labute approximate surface area is 155 Å². The van der Waals surface area contributed by atoms with Gasteiger partial charge in [0, 0.05) is 31.8 Å². The van der Waals surface area contributed by atoms with Crippen LogP contribution < -0.4 is 16.0 Å². The average Bonchev–Trinajstić information content (AvgIpc) is 2.56. The van der Waals surface area contributed by atoms with Crippen molar-refractivity contribution in [3.63, 3.8) is 0 Å². The van der Waals surface area contributed by atoms with Crippen LogP contribution in [0.1, 0.15) is 72.6 Å². The van der Waals surface area contributed by atoms with Gasteiger partial charge in [-0.3, -0.25) is 9.59 Å². The third-order valence-electron chi connectivity index (χ3n) is 4.83. The van der Waals surface area contributed by atoms with Crippen LogP contribution in [-0.2, 0) is 9.59 Å². The number of carbonyl (C=O) groups excluding carboxylic acids is 2. The van der Waals surface area contributed by atoms with Crippen molar-refractivity contribution in [2.24, 2.45) is 11.8 Å². The smallest absolute Gasteiger partial charge is 0.220 e. The Bertz CT molecular complexity index is 359. The summed E-state index contributed by atoms with van der Waals surface area (Å²) >= 11 is 0. The van der Waals surface area contributed by atoms with Crippen LogP contribution >= 0.6 is 0 Å². The lowest BCUT2D eigenvalue weighted by atomic mass is 9.94. The fourth-order valence-corrected chi connectivity index (χ4v) is 2.46. The molecule has 0 aromatic carbocycles. The molecule has 0 spiro atoms. The SMILES string of the molecule is CNC(C)CC(=O)CCCNCCCCCNC(=O)CC(C)C(C)C. The summed E-state index contributed by atoms with van der Waals surface area (Å²) in [6.45, 7) is 11.1. The van der Waals surface area contributed by atoms with Gasteiger partial charge >= 0.3 is 0 Å². The van der Waals surface area contributed by atoms with Crippen molar-refractivity contribution in [2.45, 2.75) is 78.7 Å².